The van der Waals surface area contributed by atoms with Gasteiger partial charge in [-0.3, -0.25) is 4.79 Å². The van der Waals surface area contributed by atoms with Crippen LogP contribution in [0, 0.1) is 12.7 Å². The van der Waals surface area contributed by atoms with E-state index in [1.807, 2.05) is 24.3 Å². The molecule has 1 aliphatic heterocycles. The van der Waals surface area contributed by atoms with Crippen molar-refractivity contribution in [1.82, 2.24) is 0 Å². The Bertz CT molecular complexity index is 684. The largest absolute Gasteiger partial charge is 0.374 e. The van der Waals surface area contributed by atoms with Gasteiger partial charge in [0, 0.05) is 11.4 Å². The maximum Gasteiger partial charge on any atom is 0.246 e. The SMILES string of the molecule is Cc1ccc(NC2CCc3ccccc3NC2=O)cc1F. The van der Waals surface area contributed by atoms with E-state index in [0.29, 0.717) is 17.7 Å². The third-order valence-corrected chi connectivity index (χ3v) is 3.81. The zero-order chi connectivity index (χ0) is 14.8. The number of fused-ring (bicyclic) bond motifs is 1. The zero-order valence-electron chi connectivity index (χ0n) is 11.8. The van der Waals surface area contributed by atoms with Crippen molar-refractivity contribution >= 4 is 17.3 Å². The predicted octanol–water partition coefficient (Wildman–Crippen LogP) is 3.50. The molecule has 0 spiro atoms. The number of nitrogens with one attached hydrogen (secondary N) is 2. The molecule has 2 aromatic carbocycles. The van der Waals surface area contributed by atoms with E-state index >= 15 is 0 Å². The first kappa shape index (κ1) is 13.6. The summed E-state index contributed by atoms with van der Waals surface area (Å²) in [6.45, 7) is 1.72. The van der Waals surface area contributed by atoms with Crippen LogP contribution in [0.5, 0.6) is 0 Å². The highest BCUT2D eigenvalue weighted by Gasteiger charge is 2.23. The number of carbonyl (C=O) groups excluding carboxylic acids is 1. The van der Waals surface area contributed by atoms with Crippen molar-refractivity contribution in [2.75, 3.05) is 10.6 Å². The highest BCUT2D eigenvalue weighted by atomic mass is 19.1. The average Bonchev–Trinajstić information content (AvgIpc) is 2.63. The molecular weight excluding hydrogens is 267 g/mol. The van der Waals surface area contributed by atoms with Gasteiger partial charge in [0.25, 0.3) is 0 Å². The molecule has 0 fully saturated rings. The van der Waals surface area contributed by atoms with Crippen LogP contribution in [0.4, 0.5) is 15.8 Å². The number of carbonyl (C=O) groups is 1. The first-order chi connectivity index (χ1) is 10.1. The van der Waals surface area contributed by atoms with E-state index in [1.54, 1.807) is 19.1 Å². The molecule has 1 unspecified atom stereocenters. The summed E-state index contributed by atoms with van der Waals surface area (Å²) in [5.41, 5.74) is 3.22. The minimum Gasteiger partial charge on any atom is -0.374 e. The molecule has 2 N–H and O–H groups in total. The Kier molecular flexibility index (Phi) is 3.60. The Hall–Kier alpha value is -2.36. The minimum absolute atomic E-state index is 0.0825. The normalized spacial score (nSPS) is 17.6. The van der Waals surface area contributed by atoms with E-state index in [4.69, 9.17) is 0 Å². The van der Waals surface area contributed by atoms with Crippen molar-refractivity contribution in [3.05, 3.63) is 59.4 Å². The molecule has 4 heteroatoms. The van der Waals surface area contributed by atoms with Crippen LogP contribution in [0.1, 0.15) is 17.5 Å². The lowest BCUT2D eigenvalue weighted by molar-refractivity contribution is -0.116. The second kappa shape index (κ2) is 5.56. The van der Waals surface area contributed by atoms with E-state index in [9.17, 15) is 9.18 Å². The summed E-state index contributed by atoms with van der Waals surface area (Å²) in [5, 5.41) is 6.04. The zero-order valence-corrected chi connectivity index (χ0v) is 11.8. The fourth-order valence-electron chi connectivity index (χ4n) is 2.53. The fraction of sp³-hybridized carbons (Fsp3) is 0.235. The van der Waals surface area contributed by atoms with E-state index in [0.717, 1.165) is 17.7 Å². The highest BCUT2D eigenvalue weighted by molar-refractivity contribution is 5.97. The van der Waals surface area contributed by atoms with E-state index in [2.05, 4.69) is 10.6 Å². The molecule has 0 aromatic heterocycles. The summed E-state index contributed by atoms with van der Waals surface area (Å²) in [6, 6.07) is 12.4. The molecule has 108 valence electrons. The van der Waals surface area contributed by atoms with Gasteiger partial charge in [0.05, 0.1) is 0 Å². The third-order valence-electron chi connectivity index (χ3n) is 3.81. The van der Waals surface area contributed by atoms with Crippen molar-refractivity contribution in [3.63, 3.8) is 0 Å². The van der Waals surface area contributed by atoms with E-state index in [1.165, 1.54) is 6.07 Å². The number of hydrogen-bond acceptors (Lipinski definition) is 2. The number of amides is 1. The van der Waals surface area contributed by atoms with Gasteiger partial charge in [0.15, 0.2) is 0 Å². The molecular formula is C17H17FN2O. The smallest absolute Gasteiger partial charge is 0.246 e. The molecule has 0 bridgehead atoms. The number of rotatable bonds is 2. The fourth-order valence-corrected chi connectivity index (χ4v) is 2.53. The van der Waals surface area contributed by atoms with Gasteiger partial charge in [-0.1, -0.05) is 24.3 Å². The van der Waals surface area contributed by atoms with Gasteiger partial charge in [-0.15, -0.1) is 0 Å². The van der Waals surface area contributed by atoms with Crippen molar-refractivity contribution < 1.29 is 9.18 Å². The Morgan fingerprint density at radius 1 is 1.24 bits per heavy atom. The second-order valence-corrected chi connectivity index (χ2v) is 5.35. The van der Waals surface area contributed by atoms with Crippen LogP contribution >= 0.6 is 0 Å². The lowest BCUT2D eigenvalue weighted by Gasteiger charge is -2.17. The van der Waals surface area contributed by atoms with E-state index in [-0.39, 0.29) is 17.8 Å². The maximum absolute atomic E-state index is 13.6. The molecule has 1 amide bonds. The Morgan fingerprint density at radius 2 is 2.05 bits per heavy atom. The van der Waals surface area contributed by atoms with Gasteiger partial charge in [-0.2, -0.15) is 0 Å². The van der Waals surface area contributed by atoms with Crippen LogP contribution in [0.15, 0.2) is 42.5 Å². The third kappa shape index (κ3) is 2.89. The number of aryl methyl sites for hydroxylation is 2. The number of anilines is 2. The molecule has 0 aliphatic carbocycles. The van der Waals surface area contributed by atoms with Gasteiger partial charge in [-0.25, -0.2) is 4.39 Å². The van der Waals surface area contributed by atoms with Gasteiger partial charge in [0.1, 0.15) is 11.9 Å². The van der Waals surface area contributed by atoms with Crippen molar-refractivity contribution in [2.24, 2.45) is 0 Å². The summed E-state index contributed by atoms with van der Waals surface area (Å²) in [6.07, 6.45) is 1.49. The molecule has 3 nitrogen and oxygen atoms in total. The van der Waals surface area contributed by atoms with Gasteiger partial charge >= 0.3 is 0 Å². The summed E-state index contributed by atoms with van der Waals surface area (Å²) >= 11 is 0. The molecule has 0 radical (unpaired) electrons. The first-order valence-corrected chi connectivity index (χ1v) is 7.05. The summed E-state index contributed by atoms with van der Waals surface area (Å²) in [4.78, 5) is 12.3. The number of benzene rings is 2. The van der Waals surface area contributed by atoms with Crippen molar-refractivity contribution in [1.29, 1.82) is 0 Å². The van der Waals surface area contributed by atoms with Crippen LogP contribution in [-0.2, 0) is 11.2 Å². The molecule has 3 rings (SSSR count). The van der Waals surface area contributed by atoms with Gasteiger partial charge in [0.2, 0.25) is 5.91 Å². The molecule has 2 aromatic rings. The Morgan fingerprint density at radius 3 is 2.86 bits per heavy atom. The number of hydrogen-bond donors (Lipinski definition) is 2. The first-order valence-electron chi connectivity index (χ1n) is 7.05. The average molecular weight is 284 g/mol. The molecule has 1 heterocycles. The van der Waals surface area contributed by atoms with Gasteiger partial charge < -0.3 is 10.6 Å². The lowest BCUT2D eigenvalue weighted by Crippen LogP contribution is -2.33. The number of para-hydroxylation sites is 1. The standard InChI is InChI=1S/C17H17FN2O/c1-11-6-8-13(10-14(11)18)19-16-9-7-12-4-2-3-5-15(12)20-17(16)21/h2-6,8,10,16,19H,7,9H2,1H3,(H,20,21). The van der Waals surface area contributed by atoms with Crippen molar-refractivity contribution in [3.8, 4) is 0 Å². The molecule has 21 heavy (non-hydrogen) atoms. The van der Waals surface area contributed by atoms with Crippen LogP contribution in [-0.4, -0.2) is 11.9 Å². The van der Waals surface area contributed by atoms with Crippen LogP contribution < -0.4 is 10.6 Å². The summed E-state index contributed by atoms with van der Waals surface area (Å²) < 4.78 is 13.6. The molecule has 1 atom stereocenters. The Labute approximate surface area is 123 Å². The summed E-state index contributed by atoms with van der Waals surface area (Å²) in [5.74, 6) is -0.349. The highest BCUT2D eigenvalue weighted by Crippen LogP contribution is 2.23. The maximum atomic E-state index is 13.6. The molecule has 0 saturated heterocycles. The summed E-state index contributed by atoms with van der Waals surface area (Å²) in [7, 11) is 0. The quantitative estimate of drug-likeness (QED) is 0.886. The molecule has 1 aliphatic rings. The predicted molar refractivity (Wildman–Crippen MR) is 81.9 cm³/mol. The molecule has 0 saturated carbocycles. The van der Waals surface area contributed by atoms with Crippen LogP contribution in [0.3, 0.4) is 0 Å². The van der Waals surface area contributed by atoms with Crippen LogP contribution in [0.2, 0.25) is 0 Å². The number of halogens is 1. The lowest BCUT2D eigenvalue weighted by atomic mass is 10.1. The monoisotopic (exact) mass is 284 g/mol. The minimum atomic E-state index is -0.362. The Balaban J connectivity index is 1.78. The second-order valence-electron chi connectivity index (χ2n) is 5.35. The van der Waals surface area contributed by atoms with Crippen molar-refractivity contribution in [2.45, 2.75) is 25.8 Å². The van der Waals surface area contributed by atoms with Crippen LogP contribution in [0.25, 0.3) is 0 Å². The topological polar surface area (TPSA) is 41.1 Å². The van der Waals surface area contributed by atoms with E-state index < -0.39 is 0 Å². The van der Waals surface area contributed by atoms with Gasteiger partial charge in [-0.05, 0) is 49.1 Å².